The molecule has 0 saturated carbocycles. The van der Waals surface area contributed by atoms with Gasteiger partial charge in [-0.3, -0.25) is 0 Å². The van der Waals surface area contributed by atoms with Gasteiger partial charge in [0.1, 0.15) is 5.76 Å². The average molecular weight is 180 g/mol. The molecule has 1 aliphatic heterocycles. The fourth-order valence-electron chi connectivity index (χ4n) is 1.94. The molecule has 1 aromatic rings. The van der Waals surface area contributed by atoms with Crippen LogP contribution in [0.3, 0.4) is 0 Å². The van der Waals surface area contributed by atoms with E-state index in [-0.39, 0.29) is 5.54 Å². The van der Waals surface area contributed by atoms with Crippen molar-refractivity contribution in [1.82, 2.24) is 10.6 Å². The summed E-state index contributed by atoms with van der Waals surface area (Å²) in [7, 11) is 0. The molecule has 2 unspecified atom stereocenters. The molecule has 2 heterocycles. The average Bonchev–Trinajstić information content (AvgIpc) is 2.55. The number of hydrogen-bond donors (Lipinski definition) is 2. The Labute approximate surface area is 78.5 Å². The first-order valence-corrected chi connectivity index (χ1v) is 4.73. The van der Waals surface area contributed by atoms with Gasteiger partial charge in [-0.25, -0.2) is 0 Å². The highest BCUT2D eigenvalue weighted by Crippen LogP contribution is 2.22. The Hall–Kier alpha value is -0.800. The summed E-state index contributed by atoms with van der Waals surface area (Å²) in [6, 6.07) is 4.44. The van der Waals surface area contributed by atoms with Crippen LogP contribution in [0.4, 0.5) is 0 Å². The normalized spacial score (nSPS) is 34.8. The Kier molecular flexibility index (Phi) is 2.14. The summed E-state index contributed by atoms with van der Waals surface area (Å²) in [5.74, 6) is 1.01. The topological polar surface area (TPSA) is 37.2 Å². The Morgan fingerprint density at radius 2 is 2.46 bits per heavy atom. The lowest BCUT2D eigenvalue weighted by Crippen LogP contribution is -2.59. The lowest BCUT2D eigenvalue weighted by molar-refractivity contribution is 0.217. The molecule has 2 N–H and O–H groups in total. The van der Waals surface area contributed by atoms with Crippen molar-refractivity contribution in [3.63, 3.8) is 0 Å². The van der Waals surface area contributed by atoms with Crippen LogP contribution in [0.2, 0.25) is 0 Å². The third kappa shape index (κ3) is 1.62. The summed E-state index contributed by atoms with van der Waals surface area (Å²) >= 11 is 0. The van der Waals surface area contributed by atoms with Gasteiger partial charge in [0.05, 0.1) is 11.8 Å². The zero-order valence-electron chi connectivity index (χ0n) is 8.13. The molecule has 3 heteroatoms. The molecule has 2 rings (SSSR count). The number of hydrogen-bond acceptors (Lipinski definition) is 3. The second-order valence-electron chi connectivity index (χ2n) is 3.99. The van der Waals surface area contributed by atoms with Crippen molar-refractivity contribution in [2.24, 2.45) is 0 Å². The molecule has 0 aliphatic carbocycles. The second kappa shape index (κ2) is 3.16. The van der Waals surface area contributed by atoms with Crippen LogP contribution in [0.1, 0.15) is 19.6 Å². The Balaban J connectivity index is 2.20. The van der Waals surface area contributed by atoms with Gasteiger partial charge < -0.3 is 15.1 Å². The van der Waals surface area contributed by atoms with E-state index in [0.717, 1.165) is 18.8 Å². The van der Waals surface area contributed by atoms with E-state index in [4.69, 9.17) is 4.42 Å². The SMILES string of the molecule is CC1CNCC(C)(c2ccco2)N1. The first kappa shape index (κ1) is 8.78. The monoisotopic (exact) mass is 180 g/mol. The standard InChI is InChI=1S/C10H16N2O/c1-8-6-11-7-10(2,12-8)9-4-3-5-13-9/h3-5,8,11-12H,6-7H2,1-2H3. The lowest BCUT2D eigenvalue weighted by atomic mass is 9.95. The summed E-state index contributed by atoms with van der Waals surface area (Å²) in [4.78, 5) is 0. The molecular weight excluding hydrogens is 164 g/mol. The van der Waals surface area contributed by atoms with Crippen LogP contribution < -0.4 is 10.6 Å². The van der Waals surface area contributed by atoms with Crippen molar-refractivity contribution in [2.45, 2.75) is 25.4 Å². The smallest absolute Gasteiger partial charge is 0.124 e. The van der Waals surface area contributed by atoms with Crippen LogP contribution in [-0.2, 0) is 5.54 Å². The van der Waals surface area contributed by atoms with Crippen LogP contribution in [0.5, 0.6) is 0 Å². The molecule has 0 aromatic carbocycles. The molecule has 1 aliphatic rings. The maximum Gasteiger partial charge on any atom is 0.124 e. The van der Waals surface area contributed by atoms with E-state index >= 15 is 0 Å². The molecule has 3 nitrogen and oxygen atoms in total. The molecular formula is C10H16N2O. The third-order valence-corrected chi connectivity index (χ3v) is 2.56. The van der Waals surface area contributed by atoms with E-state index < -0.39 is 0 Å². The summed E-state index contributed by atoms with van der Waals surface area (Å²) < 4.78 is 5.42. The van der Waals surface area contributed by atoms with Crippen LogP contribution in [0, 0.1) is 0 Å². The van der Waals surface area contributed by atoms with Crippen molar-refractivity contribution in [2.75, 3.05) is 13.1 Å². The van der Waals surface area contributed by atoms with Gasteiger partial charge in [-0.05, 0) is 26.0 Å². The van der Waals surface area contributed by atoms with Gasteiger partial charge in [0, 0.05) is 19.1 Å². The van der Waals surface area contributed by atoms with Crippen LogP contribution in [-0.4, -0.2) is 19.1 Å². The van der Waals surface area contributed by atoms with E-state index in [1.807, 2.05) is 12.1 Å². The van der Waals surface area contributed by atoms with E-state index in [2.05, 4.69) is 24.5 Å². The molecule has 72 valence electrons. The number of furan rings is 1. The van der Waals surface area contributed by atoms with Gasteiger partial charge in [-0.15, -0.1) is 0 Å². The van der Waals surface area contributed by atoms with E-state index in [0.29, 0.717) is 6.04 Å². The molecule has 13 heavy (non-hydrogen) atoms. The molecule has 0 radical (unpaired) electrons. The first-order chi connectivity index (χ1) is 6.21. The van der Waals surface area contributed by atoms with Gasteiger partial charge in [0.15, 0.2) is 0 Å². The lowest BCUT2D eigenvalue weighted by Gasteiger charge is -2.37. The van der Waals surface area contributed by atoms with Gasteiger partial charge >= 0.3 is 0 Å². The van der Waals surface area contributed by atoms with Crippen molar-refractivity contribution in [3.8, 4) is 0 Å². The second-order valence-corrected chi connectivity index (χ2v) is 3.99. The molecule has 1 saturated heterocycles. The molecule has 2 atom stereocenters. The molecule has 0 spiro atoms. The Morgan fingerprint density at radius 1 is 1.62 bits per heavy atom. The molecule has 0 bridgehead atoms. The summed E-state index contributed by atoms with van der Waals surface area (Å²) in [6.45, 7) is 6.28. The highest BCUT2D eigenvalue weighted by atomic mass is 16.3. The van der Waals surface area contributed by atoms with E-state index in [1.54, 1.807) is 6.26 Å². The number of piperazine rings is 1. The predicted octanol–water partition coefficient (Wildman–Crippen LogP) is 1.08. The minimum Gasteiger partial charge on any atom is -0.467 e. The highest BCUT2D eigenvalue weighted by molar-refractivity contribution is 5.13. The van der Waals surface area contributed by atoms with E-state index in [9.17, 15) is 0 Å². The third-order valence-electron chi connectivity index (χ3n) is 2.56. The van der Waals surface area contributed by atoms with Crippen LogP contribution in [0.15, 0.2) is 22.8 Å². The largest absolute Gasteiger partial charge is 0.467 e. The highest BCUT2D eigenvalue weighted by Gasteiger charge is 2.33. The summed E-state index contributed by atoms with van der Waals surface area (Å²) in [5.41, 5.74) is -0.0544. The quantitative estimate of drug-likeness (QED) is 0.679. The fourth-order valence-corrected chi connectivity index (χ4v) is 1.94. The summed E-state index contributed by atoms with van der Waals surface area (Å²) in [6.07, 6.45) is 1.72. The number of nitrogens with one attached hydrogen (secondary N) is 2. The molecule has 1 aromatic heterocycles. The van der Waals surface area contributed by atoms with Crippen molar-refractivity contribution >= 4 is 0 Å². The van der Waals surface area contributed by atoms with Gasteiger partial charge in [-0.1, -0.05) is 0 Å². The van der Waals surface area contributed by atoms with Gasteiger partial charge in [0.25, 0.3) is 0 Å². The minimum absolute atomic E-state index is 0.0544. The Bertz CT molecular complexity index is 270. The zero-order chi connectivity index (χ0) is 9.31. The number of rotatable bonds is 1. The minimum atomic E-state index is -0.0544. The van der Waals surface area contributed by atoms with E-state index in [1.165, 1.54) is 0 Å². The summed E-state index contributed by atoms with van der Waals surface area (Å²) in [5, 5.41) is 6.93. The first-order valence-electron chi connectivity index (χ1n) is 4.73. The van der Waals surface area contributed by atoms with Crippen molar-refractivity contribution in [3.05, 3.63) is 24.2 Å². The van der Waals surface area contributed by atoms with Gasteiger partial charge in [-0.2, -0.15) is 0 Å². The van der Waals surface area contributed by atoms with Crippen LogP contribution >= 0.6 is 0 Å². The molecule has 0 amide bonds. The van der Waals surface area contributed by atoms with Crippen molar-refractivity contribution in [1.29, 1.82) is 0 Å². The van der Waals surface area contributed by atoms with Crippen molar-refractivity contribution < 1.29 is 4.42 Å². The maximum atomic E-state index is 5.42. The molecule has 1 fully saturated rings. The fraction of sp³-hybridized carbons (Fsp3) is 0.600. The van der Waals surface area contributed by atoms with Crippen LogP contribution in [0.25, 0.3) is 0 Å². The zero-order valence-corrected chi connectivity index (χ0v) is 8.13. The van der Waals surface area contributed by atoms with Gasteiger partial charge in [0.2, 0.25) is 0 Å². The Morgan fingerprint density at radius 3 is 3.08 bits per heavy atom. The maximum absolute atomic E-state index is 5.42. The predicted molar refractivity (Wildman–Crippen MR) is 51.5 cm³/mol.